The molecule has 1 N–H and O–H groups in total. The Bertz CT molecular complexity index is 1150. The minimum atomic E-state index is -1.03. The van der Waals surface area contributed by atoms with Gasteiger partial charge in [-0.25, -0.2) is 9.48 Å². The van der Waals surface area contributed by atoms with E-state index in [1.807, 2.05) is 19.1 Å². The number of nitrogens with one attached hydrogen (secondary N) is 1. The van der Waals surface area contributed by atoms with Crippen LogP contribution in [-0.2, 0) is 16.1 Å². The second-order valence-electron chi connectivity index (χ2n) is 7.89. The van der Waals surface area contributed by atoms with Gasteiger partial charge in [0.05, 0.1) is 5.39 Å². The van der Waals surface area contributed by atoms with Crippen LogP contribution in [0.4, 0.5) is 5.69 Å². The van der Waals surface area contributed by atoms with E-state index in [4.69, 9.17) is 4.74 Å². The van der Waals surface area contributed by atoms with Crippen LogP contribution < -0.4 is 10.9 Å². The SMILES string of the molecule is CCCCCCn1nc(C(=O)OC(C)C(=O)Nc2ccc(C)cc2)c2ccccc2c1=O. The minimum Gasteiger partial charge on any atom is -0.448 e. The summed E-state index contributed by atoms with van der Waals surface area (Å²) in [6, 6.07) is 14.1. The van der Waals surface area contributed by atoms with Crippen LogP contribution in [0.3, 0.4) is 0 Å². The van der Waals surface area contributed by atoms with Gasteiger partial charge in [-0.15, -0.1) is 0 Å². The summed E-state index contributed by atoms with van der Waals surface area (Å²) in [6.45, 7) is 6.00. The number of nitrogens with zero attached hydrogens (tertiary/aromatic N) is 2. The van der Waals surface area contributed by atoms with E-state index in [1.54, 1.807) is 36.4 Å². The lowest BCUT2D eigenvalue weighted by molar-refractivity contribution is -0.123. The van der Waals surface area contributed by atoms with E-state index in [0.29, 0.717) is 23.0 Å². The summed E-state index contributed by atoms with van der Waals surface area (Å²) >= 11 is 0. The van der Waals surface area contributed by atoms with Crippen LogP contribution in [0.25, 0.3) is 10.8 Å². The summed E-state index contributed by atoms with van der Waals surface area (Å²) < 4.78 is 6.74. The molecule has 3 aromatic rings. The molecule has 1 aromatic heterocycles. The lowest BCUT2D eigenvalue weighted by Gasteiger charge is -2.15. The van der Waals surface area contributed by atoms with E-state index in [1.165, 1.54) is 11.6 Å². The molecule has 1 heterocycles. The van der Waals surface area contributed by atoms with Gasteiger partial charge in [0.2, 0.25) is 0 Å². The number of carbonyl (C=O) groups excluding carboxylic acids is 2. The Kier molecular flexibility index (Phi) is 7.76. The zero-order valence-corrected chi connectivity index (χ0v) is 18.8. The highest BCUT2D eigenvalue weighted by atomic mass is 16.5. The summed E-state index contributed by atoms with van der Waals surface area (Å²) in [4.78, 5) is 38.2. The number of aryl methyl sites for hydroxylation is 2. The molecule has 0 aliphatic carbocycles. The van der Waals surface area contributed by atoms with Crippen molar-refractivity contribution in [3.05, 3.63) is 70.1 Å². The van der Waals surface area contributed by atoms with Crippen molar-refractivity contribution in [3.8, 4) is 0 Å². The van der Waals surface area contributed by atoms with Crippen molar-refractivity contribution in [1.82, 2.24) is 9.78 Å². The van der Waals surface area contributed by atoms with Crippen LogP contribution in [-0.4, -0.2) is 27.8 Å². The van der Waals surface area contributed by atoms with Crippen molar-refractivity contribution in [3.63, 3.8) is 0 Å². The van der Waals surface area contributed by atoms with E-state index in [0.717, 1.165) is 31.2 Å². The van der Waals surface area contributed by atoms with Gasteiger partial charge >= 0.3 is 5.97 Å². The van der Waals surface area contributed by atoms with Crippen molar-refractivity contribution in [2.45, 2.75) is 59.1 Å². The molecule has 0 fully saturated rings. The lowest BCUT2D eigenvalue weighted by atomic mass is 10.1. The summed E-state index contributed by atoms with van der Waals surface area (Å²) in [5, 5.41) is 7.85. The van der Waals surface area contributed by atoms with Crippen molar-refractivity contribution >= 4 is 28.3 Å². The molecule has 0 spiro atoms. The molecule has 0 saturated carbocycles. The maximum Gasteiger partial charge on any atom is 0.360 e. The molecule has 0 aliphatic heterocycles. The molecule has 1 unspecified atom stereocenters. The molecule has 0 saturated heterocycles. The van der Waals surface area contributed by atoms with Gasteiger partial charge in [-0.05, 0) is 38.5 Å². The van der Waals surface area contributed by atoms with Gasteiger partial charge in [-0.3, -0.25) is 9.59 Å². The summed E-state index contributed by atoms with van der Waals surface area (Å²) in [5.41, 5.74) is 1.49. The quantitative estimate of drug-likeness (QED) is 0.396. The molecule has 2 aromatic carbocycles. The van der Waals surface area contributed by atoms with Gasteiger partial charge in [-0.2, -0.15) is 5.10 Å². The predicted molar refractivity (Wildman–Crippen MR) is 125 cm³/mol. The van der Waals surface area contributed by atoms with Crippen molar-refractivity contribution in [1.29, 1.82) is 0 Å². The Morgan fingerprint density at radius 3 is 2.41 bits per heavy atom. The van der Waals surface area contributed by atoms with Gasteiger partial charge < -0.3 is 10.1 Å². The molecule has 3 rings (SSSR count). The number of hydrogen-bond acceptors (Lipinski definition) is 5. The third kappa shape index (κ3) is 5.60. The Balaban J connectivity index is 1.79. The van der Waals surface area contributed by atoms with Crippen molar-refractivity contribution in [2.24, 2.45) is 0 Å². The van der Waals surface area contributed by atoms with Crippen LogP contribution in [0, 0.1) is 6.92 Å². The average molecular weight is 436 g/mol. The molecule has 1 atom stereocenters. The van der Waals surface area contributed by atoms with Crippen molar-refractivity contribution in [2.75, 3.05) is 5.32 Å². The number of rotatable bonds is 9. The van der Waals surface area contributed by atoms with Crippen LogP contribution in [0.2, 0.25) is 0 Å². The molecule has 0 bridgehead atoms. The molecule has 1 amide bonds. The van der Waals surface area contributed by atoms with E-state index in [-0.39, 0.29) is 11.3 Å². The fourth-order valence-electron chi connectivity index (χ4n) is 3.38. The molecule has 0 radical (unpaired) electrons. The molecular formula is C25H29N3O4. The van der Waals surface area contributed by atoms with E-state index in [2.05, 4.69) is 17.3 Å². The van der Waals surface area contributed by atoms with Crippen LogP contribution in [0.1, 0.15) is 55.6 Å². The zero-order chi connectivity index (χ0) is 23.1. The number of amides is 1. The topological polar surface area (TPSA) is 90.3 Å². The van der Waals surface area contributed by atoms with Crippen LogP contribution in [0.5, 0.6) is 0 Å². The van der Waals surface area contributed by atoms with Gasteiger partial charge in [0.25, 0.3) is 11.5 Å². The van der Waals surface area contributed by atoms with Gasteiger partial charge in [0.15, 0.2) is 11.8 Å². The smallest absolute Gasteiger partial charge is 0.360 e. The molecule has 7 nitrogen and oxygen atoms in total. The van der Waals surface area contributed by atoms with Gasteiger partial charge in [0, 0.05) is 17.6 Å². The maximum absolute atomic E-state index is 12.9. The average Bonchev–Trinajstić information content (AvgIpc) is 2.79. The van der Waals surface area contributed by atoms with E-state index < -0.39 is 18.0 Å². The highest BCUT2D eigenvalue weighted by molar-refractivity contribution is 6.03. The highest BCUT2D eigenvalue weighted by Crippen LogP contribution is 2.16. The largest absolute Gasteiger partial charge is 0.448 e. The molecular weight excluding hydrogens is 406 g/mol. The fourth-order valence-corrected chi connectivity index (χ4v) is 3.38. The summed E-state index contributed by atoms with van der Waals surface area (Å²) in [7, 11) is 0. The van der Waals surface area contributed by atoms with Crippen LogP contribution >= 0.6 is 0 Å². The number of unbranched alkanes of at least 4 members (excludes halogenated alkanes) is 3. The molecule has 0 aliphatic rings. The van der Waals surface area contributed by atoms with Crippen molar-refractivity contribution < 1.29 is 14.3 Å². The number of esters is 1. The number of carbonyl (C=O) groups is 2. The van der Waals surface area contributed by atoms with Crippen LogP contribution in [0.15, 0.2) is 53.3 Å². The van der Waals surface area contributed by atoms with Gasteiger partial charge in [0.1, 0.15) is 0 Å². The highest BCUT2D eigenvalue weighted by Gasteiger charge is 2.23. The number of fused-ring (bicyclic) bond motifs is 1. The summed E-state index contributed by atoms with van der Waals surface area (Å²) in [5.74, 6) is -1.19. The first kappa shape index (κ1) is 23.2. The number of ether oxygens (including phenoxy) is 1. The third-order valence-corrected chi connectivity index (χ3v) is 5.26. The number of aromatic nitrogens is 2. The first-order valence-electron chi connectivity index (χ1n) is 11.0. The number of hydrogen-bond donors (Lipinski definition) is 1. The first-order chi connectivity index (χ1) is 15.4. The fraction of sp³-hybridized carbons (Fsp3) is 0.360. The number of anilines is 1. The maximum atomic E-state index is 12.9. The Labute approximate surface area is 187 Å². The molecule has 32 heavy (non-hydrogen) atoms. The van der Waals surface area contributed by atoms with E-state index >= 15 is 0 Å². The monoisotopic (exact) mass is 435 g/mol. The normalized spacial score (nSPS) is 11.8. The zero-order valence-electron chi connectivity index (χ0n) is 18.8. The minimum absolute atomic E-state index is 0.0330. The third-order valence-electron chi connectivity index (χ3n) is 5.26. The summed E-state index contributed by atoms with van der Waals surface area (Å²) in [6.07, 6.45) is 2.90. The molecule has 7 heteroatoms. The Morgan fingerprint density at radius 1 is 1.03 bits per heavy atom. The van der Waals surface area contributed by atoms with Gasteiger partial charge in [-0.1, -0.05) is 62.1 Å². The Morgan fingerprint density at radius 2 is 1.72 bits per heavy atom. The second-order valence-corrected chi connectivity index (χ2v) is 7.89. The Hall–Kier alpha value is -3.48. The lowest BCUT2D eigenvalue weighted by Crippen LogP contribution is -2.32. The first-order valence-corrected chi connectivity index (χ1v) is 11.0. The predicted octanol–water partition coefficient (Wildman–Crippen LogP) is 4.47. The molecule has 168 valence electrons. The second kappa shape index (κ2) is 10.7. The number of benzene rings is 2. The standard InChI is InChI=1S/C25H29N3O4/c1-4-5-6-9-16-28-24(30)21-11-8-7-10-20(21)22(27-28)25(31)32-18(3)23(29)26-19-14-12-17(2)13-15-19/h7-8,10-15,18H,4-6,9,16H2,1-3H3,(H,26,29). The van der Waals surface area contributed by atoms with E-state index in [9.17, 15) is 14.4 Å².